The summed E-state index contributed by atoms with van der Waals surface area (Å²) in [4.78, 5) is 24.6. The van der Waals surface area contributed by atoms with Crippen molar-refractivity contribution in [1.29, 1.82) is 0 Å². The van der Waals surface area contributed by atoms with Gasteiger partial charge in [-0.1, -0.05) is 39.8 Å². The summed E-state index contributed by atoms with van der Waals surface area (Å²) < 4.78 is 0. The van der Waals surface area contributed by atoms with Gasteiger partial charge in [0.15, 0.2) is 11.0 Å². The Morgan fingerprint density at radius 2 is 1.86 bits per heavy atom. The fourth-order valence-electron chi connectivity index (χ4n) is 4.29. The number of nitrogens with zero attached hydrogens (tertiary/aromatic N) is 4. The molecular formula is C27H40N6O2S. The van der Waals surface area contributed by atoms with Gasteiger partial charge in [-0.2, -0.15) is 5.10 Å². The number of hydrogen-bond donors (Lipinski definition) is 3. The molecule has 36 heavy (non-hydrogen) atoms. The maximum absolute atomic E-state index is 11.8. The van der Waals surface area contributed by atoms with Gasteiger partial charge in [0.1, 0.15) is 17.4 Å². The van der Waals surface area contributed by atoms with Gasteiger partial charge in [-0.25, -0.2) is 9.97 Å². The minimum absolute atomic E-state index is 0. The van der Waals surface area contributed by atoms with Crippen molar-refractivity contribution in [1.82, 2.24) is 20.2 Å². The summed E-state index contributed by atoms with van der Waals surface area (Å²) in [6, 6.07) is 11.9. The van der Waals surface area contributed by atoms with E-state index in [0.717, 1.165) is 35.1 Å². The fourth-order valence-corrected chi connectivity index (χ4v) is 5.05. The third kappa shape index (κ3) is 6.25. The van der Waals surface area contributed by atoms with Crippen molar-refractivity contribution < 1.29 is 12.8 Å². The first kappa shape index (κ1) is 26.2. The minimum Gasteiger partial charge on any atom is -0.389 e. The van der Waals surface area contributed by atoms with E-state index in [1.54, 1.807) is 0 Å². The molecular weight excluding hydrogens is 472 g/mol. The number of Topliss-reactive ketones (excluding diaryl/α,β-unsaturated/α-hetero) is 1. The van der Waals surface area contributed by atoms with Crippen LogP contribution in [0.2, 0.25) is 0 Å². The summed E-state index contributed by atoms with van der Waals surface area (Å²) in [5.74, 6) is 2.41. The SMILES string of the molecule is CCC(=O)Cc1ccc(Sc2nc(Nc3cc(C)[nH]n3)cc(N3CCC(O)(C(C)(C)C)CC3)n2)cc1.[HH].[HH]. The standard InChI is InChI=1S/C27H36N6O2S.2H2/c1-6-20(34)16-19-7-9-21(10-8-19)36-25-29-22(28-23-15-18(2)31-32-23)17-24(30-25)33-13-11-27(35,12-14-33)26(3,4)5;;/h7-10,15,17,35H,6,11-14,16H2,1-5H3,(H2,28,29,30,31,32);2*1H. The van der Waals surface area contributed by atoms with E-state index >= 15 is 0 Å². The summed E-state index contributed by atoms with van der Waals surface area (Å²) in [6.07, 6.45) is 2.37. The average Bonchev–Trinajstić information content (AvgIpc) is 3.24. The number of aromatic nitrogens is 4. The summed E-state index contributed by atoms with van der Waals surface area (Å²) >= 11 is 1.48. The maximum Gasteiger partial charge on any atom is 0.196 e. The first-order valence-electron chi connectivity index (χ1n) is 12.5. The number of aromatic amines is 1. The molecule has 196 valence electrons. The van der Waals surface area contributed by atoms with Gasteiger partial charge in [0.2, 0.25) is 0 Å². The molecule has 3 N–H and O–H groups in total. The molecule has 0 amide bonds. The van der Waals surface area contributed by atoms with E-state index in [0.29, 0.717) is 42.5 Å². The molecule has 0 unspecified atom stereocenters. The van der Waals surface area contributed by atoms with Crippen molar-refractivity contribution in [2.75, 3.05) is 23.3 Å². The number of aryl methyl sites for hydroxylation is 1. The van der Waals surface area contributed by atoms with Crippen molar-refractivity contribution in [3.63, 3.8) is 0 Å². The van der Waals surface area contributed by atoms with E-state index in [-0.39, 0.29) is 14.1 Å². The monoisotopic (exact) mass is 512 g/mol. The largest absolute Gasteiger partial charge is 0.389 e. The Morgan fingerprint density at radius 1 is 1.17 bits per heavy atom. The molecule has 1 aliphatic heterocycles. The Balaban J connectivity index is 0.00000253. The van der Waals surface area contributed by atoms with Gasteiger partial charge >= 0.3 is 0 Å². The highest BCUT2D eigenvalue weighted by Crippen LogP contribution is 2.40. The number of carbonyl (C=O) groups is 1. The third-order valence-corrected chi connectivity index (χ3v) is 7.77. The maximum atomic E-state index is 11.8. The van der Waals surface area contributed by atoms with Gasteiger partial charge in [0.25, 0.3) is 0 Å². The number of carbonyl (C=O) groups excluding carboxylic acids is 1. The van der Waals surface area contributed by atoms with Crippen LogP contribution in [0.5, 0.6) is 0 Å². The minimum atomic E-state index is -0.692. The average molecular weight is 513 g/mol. The number of aliphatic hydroxyl groups is 1. The second kappa shape index (κ2) is 10.6. The Kier molecular flexibility index (Phi) is 7.70. The lowest BCUT2D eigenvalue weighted by Gasteiger charge is -2.46. The Bertz CT molecular complexity index is 1210. The highest BCUT2D eigenvalue weighted by molar-refractivity contribution is 7.99. The van der Waals surface area contributed by atoms with Gasteiger partial charge in [-0.15, -0.1) is 0 Å². The van der Waals surface area contributed by atoms with Crippen molar-refractivity contribution in [2.45, 2.75) is 76.0 Å². The molecule has 8 nitrogen and oxygen atoms in total. The van der Waals surface area contributed by atoms with Gasteiger partial charge < -0.3 is 15.3 Å². The number of ketones is 1. The second-order valence-corrected chi connectivity index (χ2v) is 11.6. The quantitative estimate of drug-likeness (QED) is 0.325. The fraction of sp³-hybridized carbons (Fsp3) is 0.481. The third-order valence-electron chi connectivity index (χ3n) is 6.89. The summed E-state index contributed by atoms with van der Waals surface area (Å²) in [5.41, 5.74) is 1.10. The number of nitrogens with one attached hydrogen (secondary N) is 2. The second-order valence-electron chi connectivity index (χ2n) is 10.5. The summed E-state index contributed by atoms with van der Waals surface area (Å²) in [5, 5.41) is 22.3. The predicted molar refractivity (Wildman–Crippen MR) is 148 cm³/mol. The van der Waals surface area contributed by atoms with Crippen LogP contribution in [0.3, 0.4) is 0 Å². The van der Waals surface area contributed by atoms with Crippen LogP contribution in [0, 0.1) is 12.3 Å². The highest BCUT2D eigenvalue weighted by Gasteiger charge is 2.42. The lowest BCUT2D eigenvalue weighted by Crippen LogP contribution is -2.52. The van der Waals surface area contributed by atoms with Crippen LogP contribution in [-0.2, 0) is 11.2 Å². The van der Waals surface area contributed by atoms with Crippen LogP contribution in [0.25, 0.3) is 0 Å². The van der Waals surface area contributed by atoms with Crippen LogP contribution in [0.4, 0.5) is 17.5 Å². The smallest absolute Gasteiger partial charge is 0.196 e. The summed E-state index contributed by atoms with van der Waals surface area (Å²) in [7, 11) is 0. The molecule has 0 bridgehead atoms. The number of H-pyrrole nitrogens is 1. The molecule has 9 heteroatoms. The molecule has 0 atom stereocenters. The van der Waals surface area contributed by atoms with Crippen molar-refractivity contribution in [3.8, 4) is 0 Å². The Hall–Kier alpha value is -2.91. The van der Waals surface area contributed by atoms with E-state index < -0.39 is 5.60 Å². The molecule has 3 heterocycles. The molecule has 2 aromatic heterocycles. The van der Waals surface area contributed by atoms with Gasteiger partial charge in [0.05, 0.1) is 5.60 Å². The van der Waals surface area contributed by atoms with Gasteiger partial charge in [-0.05, 0) is 54.6 Å². The van der Waals surface area contributed by atoms with E-state index in [1.807, 2.05) is 50.2 Å². The van der Waals surface area contributed by atoms with Crippen LogP contribution >= 0.6 is 11.8 Å². The van der Waals surface area contributed by atoms with E-state index in [4.69, 9.17) is 9.97 Å². The van der Waals surface area contributed by atoms with Crippen molar-refractivity contribution >= 4 is 35.0 Å². The van der Waals surface area contributed by atoms with Gasteiger partial charge in [-0.3, -0.25) is 9.89 Å². The molecule has 1 saturated heterocycles. The van der Waals surface area contributed by atoms with Crippen molar-refractivity contribution in [2.24, 2.45) is 5.41 Å². The van der Waals surface area contributed by atoms with Crippen LogP contribution in [-0.4, -0.2) is 49.7 Å². The number of benzene rings is 1. The molecule has 0 aliphatic carbocycles. The van der Waals surface area contributed by atoms with Crippen LogP contribution < -0.4 is 10.2 Å². The number of anilines is 3. The molecule has 1 fully saturated rings. The zero-order valence-corrected chi connectivity index (χ0v) is 22.6. The number of hydrogen-bond acceptors (Lipinski definition) is 8. The molecule has 4 rings (SSSR count). The lowest BCUT2D eigenvalue weighted by molar-refractivity contribution is -0.118. The zero-order chi connectivity index (χ0) is 25.9. The van der Waals surface area contributed by atoms with Crippen LogP contribution in [0.15, 0.2) is 46.5 Å². The molecule has 1 aliphatic rings. The van der Waals surface area contributed by atoms with Crippen LogP contribution in [0.1, 0.15) is 61.1 Å². The highest BCUT2D eigenvalue weighted by atomic mass is 32.2. The van der Waals surface area contributed by atoms with Crippen molar-refractivity contribution in [3.05, 3.63) is 47.7 Å². The zero-order valence-electron chi connectivity index (χ0n) is 21.8. The first-order valence-corrected chi connectivity index (χ1v) is 13.3. The normalized spacial score (nSPS) is 15.7. The lowest BCUT2D eigenvalue weighted by atomic mass is 9.71. The Labute approximate surface area is 220 Å². The van der Waals surface area contributed by atoms with Gasteiger partial charge in [0, 0.05) is 51.5 Å². The molecule has 0 spiro atoms. The Morgan fingerprint density at radius 3 is 2.44 bits per heavy atom. The number of rotatable bonds is 8. The van der Waals surface area contributed by atoms with E-state index in [9.17, 15) is 9.90 Å². The topological polar surface area (TPSA) is 107 Å². The van der Waals surface area contributed by atoms with E-state index in [1.165, 1.54) is 11.8 Å². The molecule has 0 saturated carbocycles. The summed E-state index contributed by atoms with van der Waals surface area (Å²) in [6.45, 7) is 11.6. The number of piperidine rings is 1. The molecule has 0 radical (unpaired) electrons. The molecule has 3 aromatic rings. The van der Waals surface area contributed by atoms with E-state index in [2.05, 4.69) is 41.2 Å². The predicted octanol–water partition coefficient (Wildman–Crippen LogP) is 5.79. The molecule has 1 aromatic carbocycles. The first-order chi connectivity index (χ1) is 17.0.